The van der Waals surface area contributed by atoms with Crippen LogP contribution in [0, 0.1) is 53.3 Å². The van der Waals surface area contributed by atoms with Crippen molar-refractivity contribution in [2.75, 3.05) is 78.9 Å². The number of hydrogen-bond donors (Lipinski definition) is 6. The van der Waals surface area contributed by atoms with Gasteiger partial charge in [0.05, 0.1) is 41.4 Å². The van der Waals surface area contributed by atoms with Crippen molar-refractivity contribution in [3.8, 4) is 0 Å². The number of amides is 7. The van der Waals surface area contributed by atoms with E-state index in [1.807, 2.05) is 18.2 Å². The minimum Gasteiger partial charge on any atom is -0.460 e. The monoisotopic (exact) mass is 1710 g/mol. The highest BCUT2D eigenvalue weighted by Gasteiger charge is 2.44. The molecule has 3 aromatic carbocycles. The SMILES string of the molecule is CCC(=O)CCC(=O)OC(C)C(NC(=O)CC)C(=O)NCCCC(=O)NC(CCCCNC(=O)CCCCCOC1OC(COC(=O)c2ccccc2)C(C)C(C)C1C)C(=O)N(CCNC(=O)CCCCCOC1OC(COC(=O)c2ccccc2)C(C)C(C)C1C)CCNC(=O)CCCCCOC1OC(COC(=O)c2ccccc2)C(C)C(C)C1C. The van der Waals surface area contributed by atoms with Crippen LogP contribution in [0.15, 0.2) is 91.0 Å². The summed E-state index contributed by atoms with van der Waals surface area (Å²) in [5.74, 6) is -3.60. The molecule has 3 fully saturated rings. The van der Waals surface area contributed by atoms with Crippen molar-refractivity contribution in [3.05, 3.63) is 108 Å². The first kappa shape index (κ1) is 102. The van der Waals surface area contributed by atoms with Gasteiger partial charge in [-0.25, -0.2) is 14.4 Å². The Labute approximate surface area is 722 Å². The van der Waals surface area contributed by atoms with Crippen molar-refractivity contribution in [1.82, 2.24) is 36.8 Å². The molecule has 3 heterocycles. The van der Waals surface area contributed by atoms with Gasteiger partial charge in [0.25, 0.3) is 0 Å². The molecular weight excluding hydrogens is 1570 g/mol. The first-order valence-corrected chi connectivity index (χ1v) is 44.7. The van der Waals surface area contributed by atoms with Crippen molar-refractivity contribution >= 4 is 71.0 Å². The maximum Gasteiger partial charge on any atom is 0.338 e. The third-order valence-corrected chi connectivity index (χ3v) is 24.3. The van der Waals surface area contributed by atoms with Gasteiger partial charge in [-0.1, -0.05) is 150 Å². The average Bonchev–Trinajstić information content (AvgIpc) is 0.823. The van der Waals surface area contributed by atoms with Crippen LogP contribution in [0.2, 0.25) is 0 Å². The number of nitrogens with one attached hydrogen (secondary N) is 6. The van der Waals surface area contributed by atoms with Crippen LogP contribution >= 0.6 is 0 Å². The van der Waals surface area contributed by atoms with E-state index in [1.54, 1.807) is 86.6 Å². The number of ether oxygens (including phenoxy) is 10. The Morgan fingerprint density at radius 1 is 0.377 bits per heavy atom. The molecule has 0 radical (unpaired) electrons. The first-order chi connectivity index (χ1) is 58.6. The zero-order valence-electron chi connectivity index (χ0n) is 74.3. The Morgan fingerprint density at radius 2 is 0.754 bits per heavy atom. The zero-order chi connectivity index (χ0) is 88.9. The minimum absolute atomic E-state index is 0.0134. The van der Waals surface area contributed by atoms with Gasteiger partial charge in [0, 0.05) is 122 Å². The van der Waals surface area contributed by atoms with E-state index in [-0.39, 0.29) is 218 Å². The number of carbonyl (C=O) groups excluding carboxylic acids is 12. The Balaban J connectivity index is 1.04. The van der Waals surface area contributed by atoms with E-state index in [1.165, 1.54) is 11.8 Å². The van der Waals surface area contributed by atoms with Crippen LogP contribution in [0.3, 0.4) is 0 Å². The van der Waals surface area contributed by atoms with Gasteiger partial charge in [-0.15, -0.1) is 0 Å². The normalized spacial score (nSPS) is 23.2. The largest absolute Gasteiger partial charge is 0.460 e. The van der Waals surface area contributed by atoms with Crippen LogP contribution in [0.4, 0.5) is 0 Å². The zero-order valence-corrected chi connectivity index (χ0v) is 74.3. The van der Waals surface area contributed by atoms with E-state index < -0.39 is 84.6 Å². The topological polar surface area (TPSA) is 373 Å². The summed E-state index contributed by atoms with van der Waals surface area (Å²) in [6.45, 7) is 25.5. The second-order valence-corrected chi connectivity index (χ2v) is 33.2. The maximum absolute atomic E-state index is 15.1. The number of nitrogens with zero attached hydrogens (tertiary/aromatic N) is 1. The third-order valence-electron chi connectivity index (χ3n) is 24.3. The van der Waals surface area contributed by atoms with Gasteiger partial charge in [-0.05, 0) is 143 Å². The molecule has 680 valence electrons. The van der Waals surface area contributed by atoms with Crippen LogP contribution < -0.4 is 31.9 Å². The molecule has 18 atom stereocenters. The highest BCUT2D eigenvalue weighted by molar-refractivity contribution is 5.92. The lowest BCUT2D eigenvalue weighted by atomic mass is 9.79. The molecule has 0 spiro atoms. The average molecular weight is 1710 g/mol. The van der Waals surface area contributed by atoms with E-state index in [0.29, 0.717) is 101 Å². The molecule has 6 rings (SSSR count). The Kier molecular flexibility index (Phi) is 47.0. The number of hydrogen-bond acceptors (Lipinski definition) is 22. The Hall–Kier alpha value is -8.74. The summed E-state index contributed by atoms with van der Waals surface area (Å²) in [6, 6.07) is 24.0. The van der Waals surface area contributed by atoms with Gasteiger partial charge in [0.2, 0.25) is 41.4 Å². The second-order valence-electron chi connectivity index (χ2n) is 33.2. The van der Waals surface area contributed by atoms with Gasteiger partial charge in [0.15, 0.2) is 18.9 Å². The smallest absolute Gasteiger partial charge is 0.338 e. The molecule has 122 heavy (non-hydrogen) atoms. The predicted octanol–water partition coefficient (Wildman–Crippen LogP) is 11.5. The molecular formula is C93H141N7O22. The lowest BCUT2D eigenvalue weighted by Crippen LogP contribution is -2.53. The lowest BCUT2D eigenvalue weighted by molar-refractivity contribution is -0.254. The molecule has 0 saturated carbocycles. The molecule has 7 amide bonds. The number of ketones is 1. The number of Topliss-reactive ketones (excluding diaryl/α,β-unsaturated/α-hetero) is 1. The molecule has 0 bridgehead atoms. The highest BCUT2D eigenvalue weighted by atomic mass is 16.7. The van der Waals surface area contributed by atoms with E-state index in [0.717, 1.165) is 6.42 Å². The van der Waals surface area contributed by atoms with Gasteiger partial charge in [-0.3, -0.25) is 43.2 Å². The summed E-state index contributed by atoms with van der Waals surface area (Å²) in [5, 5.41) is 17.1. The summed E-state index contributed by atoms with van der Waals surface area (Å²) in [4.78, 5) is 160. The molecule has 29 heteroatoms. The van der Waals surface area contributed by atoms with Crippen molar-refractivity contribution < 1.29 is 105 Å². The lowest BCUT2D eigenvalue weighted by Gasteiger charge is -2.43. The van der Waals surface area contributed by atoms with E-state index >= 15 is 4.79 Å². The molecule has 29 nitrogen and oxygen atoms in total. The molecule has 0 aromatic heterocycles. The quantitative estimate of drug-likeness (QED) is 0.0174. The number of carbonyl (C=O) groups is 12. The molecule has 3 aliphatic rings. The summed E-state index contributed by atoms with van der Waals surface area (Å²) in [7, 11) is 0. The second kappa shape index (κ2) is 56.2. The summed E-state index contributed by atoms with van der Waals surface area (Å²) in [6.07, 6.45) is 3.70. The van der Waals surface area contributed by atoms with Gasteiger partial charge in [0.1, 0.15) is 43.8 Å². The van der Waals surface area contributed by atoms with E-state index in [4.69, 9.17) is 47.4 Å². The Morgan fingerprint density at radius 3 is 1.14 bits per heavy atom. The fourth-order valence-corrected chi connectivity index (χ4v) is 15.0. The van der Waals surface area contributed by atoms with Crippen molar-refractivity contribution in [2.24, 2.45) is 53.3 Å². The van der Waals surface area contributed by atoms with Crippen LogP contribution in [0.1, 0.15) is 249 Å². The third kappa shape index (κ3) is 36.2. The summed E-state index contributed by atoms with van der Waals surface area (Å²) < 4.78 is 60.3. The van der Waals surface area contributed by atoms with Crippen LogP contribution in [0.5, 0.6) is 0 Å². The summed E-state index contributed by atoms with van der Waals surface area (Å²) in [5.41, 5.74) is 1.39. The fourth-order valence-electron chi connectivity index (χ4n) is 15.0. The van der Waals surface area contributed by atoms with Gasteiger partial charge < -0.3 is 84.2 Å². The van der Waals surface area contributed by atoms with Crippen molar-refractivity contribution in [2.45, 2.75) is 273 Å². The number of rotatable bonds is 56. The highest BCUT2D eigenvalue weighted by Crippen LogP contribution is 2.39. The standard InChI is InChI=1S/C93H141N7O22/c1-13-74(101)47-48-84(107)119-70(12)85(99-79(102)14-2)86(108)97-50-35-46-83(106)98-75(42-30-31-49-94-80(103)43-27-18-32-55-113-91-67(9)61(3)64(6)76(120-91)58-116-88(110)71-36-21-15-22-37-71)87(109)100(53-51-95-81(104)44-28-19-33-56-114-92-68(10)62(4)65(7)77(121-92)59-117-89(111)72-38-23-16-24-39-72)54-52-96-82(105)45-29-20-34-57-115-93-69(11)63(5)66(8)78(122-93)60-118-90(112)73-40-25-17-26-41-73/h15-17,21-26,36-41,61-70,75-78,85,91-93H,13-14,18-20,27-35,42-60H2,1-12H3,(H,94,103)(H,95,104)(H,96,105)(H,97,108)(H,98,106)(H,99,102). The maximum atomic E-state index is 15.1. The van der Waals surface area contributed by atoms with Crippen molar-refractivity contribution in [3.63, 3.8) is 0 Å². The molecule has 6 N–H and O–H groups in total. The van der Waals surface area contributed by atoms with Crippen molar-refractivity contribution in [1.29, 1.82) is 0 Å². The molecule has 0 aliphatic carbocycles. The summed E-state index contributed by atoms with van der Waals surface area (Å²) >= 11 is 0. The number of unbranched alkanes of at least 4 members (excludes halogenated alkanes) is 7. The van der Waals surface area contributed by atoms with E-state index in [9.17, 15) is 52.7 Å². The minimum atomic E-state index is -1.29. The van der Waals surface area contributed by atoms with Gasteiger partial charge >= 0.3 is 23.9 Å². The Bertz CT molecular complexity index is 3560. The van der Waals surface area contributed by atoms with Gasteiger partial charge in [-0.2, -0.15) is 0 Å². The van der Waals surface area contributed by atoms with Crippen LogP contribution in [-0.4, -0.2) is 210 Å². The van der Waals surface area contributed by atoms with Crippen LogP contribution in [-0.2, 0) is 90.5 Å². The number of benzene rings is 3. The molecule has 3 aliphatic heterocycles. The molecule has 3 saturated heterocycles. The fraction of sp³-hybridized carbons (Fsp3) is 0.677. The van der Waals surface area contributed by atoms with E-state index in [2.05, 4.69) is 94.2 Å². The number of esters is 4. The van der Waals surface area contributed by atoms with Crippen LogP contribution in [0.25, 0.3) is 0 Å². The molecule has 18 unspecified atom stereocenters. The first-order valence-electron chi connectivity index (χ1n) is 44.7. The predicted molar refractivity (Wildman–Crippen MR) is 458 cm³/mol. The molecule has 3 aromatic rings.